The van der Waals surface area contributed by atoms with Gasteiger partial charge in [-0.1, -0.05) is 11.6 Å². The lowest BCUT2D eigenvalue weighted by molar-refractivity contribution is 0.0546. The Morgan fingerprint density at radius 3 is 2.67 bits per heavy atom. The molecule has 1 aliphatic carbocycles. The third-order valence-corrected chi connectivity index (χ3v) is 3.97. The highest BCUT2D eigenvalue weighted by Crippen LogP contribution is 2.51. The molecule has 15 heavy (non-hydrogen) atoms. The number of hydrogen-bond donors (Lipinski definition) is 3. The summed E-state index contributed by atoms with van der Waals surface area (Å²) in [6, 6.07) is 0. The van der Waals surface area contributed by atoms with Gasteiger partial charge in [0, 0.05) is 25.6 Å². The SMILES string of the molecule is N/C(CN1CC(CO)C2(CCC2)C1)=N\O. The summed E-state index contributed by atoms with van der Waals surface area (Å²) in [6.45, 7) is 2.61. The van der Waals surface area contributed by atoms with Crippen LogP contribution < -0.4 is 5.73 Å². The molecule has 2 rings (SSSR count). The molecule has 2 fully saturated rings. The third kappa shape index (κ3) is 1.81. The van der Waals surface area contributed by atoms with Gasteiger partial charge in [0.15, 0.2) is 5.84 Å². The Morgan fingerprint density at radius 1 is 1.53 bits per heavy atom. The number of nitrogens with zero attached hydrogens (tertiary/aromatic N) is 2. The molecule has 1 atom stereocenters. The minimum atomic E-state index is 0.253. The van der Waals surface area contributed by atoms with Crippen LogP contribution in [0.3, 0.4) is 0 Å². The maximum Gasteiger partial charge on any atom is 0.153 e. The highest BCUT2D eigenvalue weighted by molar-refractivity contribution is 5.81. The van der Waals surface area contributed by atoms with Gasteiger partial charge in [-0.3, -0.25) is 4.90 Å². The van der Waals surface area contributed by atoms with Gasteiger partial charge in [-0.25, -0.2) is 0 Å². The van der Waals surface area contributed by atoms with Gasteiger partial charge in [-0.2, -0.15) is 0 Å². The van der Waals surface area contributed by atoms with Crippen molar-refractivity contribution in [3.63, 3.8) is 0 Å². The lowest BCUT2D eigenvalue weighted by Gasteiger charge is -2.42. The molecular weight excluding hydrogens is 194 g/mol. The monoisotopic (exact) mass is 213 g/mol. The maximum atomic E-state index is 9.34. The summed E-state index contributed by atoms with van der Waals surface area (Å²) in [7, 11) is 0. The average molecular weight is 213 g/mol. The molecular formula is C10H19N3O2. The first kappa shape index (κ1) is 10.7. The van der Waals surface area contributed by atoms with Crippen molar-refractivity contribution < 1.29 is 10.3 Å². The zero-order valence-corrected chi connectivity index (χ0v) is 8.89. The van der Waals surface area contributed by atoms with Crippen molar-refractivity contribution >= 4 is 5.84 Å². The fourth-order valence-corrected chi connectivity index (χ4v) is 2.97. The predicted octanol–water partition coefficient (Wildman–Crippen LogP) is -0.173. The number of rotatable bonds is 3. The van der Waals surface area contributed by atoms with E-state index in [1.807, 2.05) is 0 Å². The fourth-order valence-electron chi connectivity index (χ4n) is 2.97. The van der Waals surface area contributed by atoms with Gasteiger partial charge in [0.05, 0.1) is 6.54 Å². The number of oxime groups is 1. The van der Waals surface area contributed by atoms with E-state index >= 15 is 0 Å². The van der Waals surface area contributed by atoms with E-state index in [0.29, 0.717) is 17.9 Å². The van der Waals surface area contributed by atoms with Gasteiger partial charge in [0.25, 0.3) is 0 Å². The molecule has 5 nitrogen and oxygen atoms in total. The number of nitrogens with two attached hydrogens (primary N) is 1. The van der Waals surface area contributed by atoms with E-state index in [0.717, 1.165) is 13.1 Å². The summed E-state index contributed by atoms with van der Waals surface area (Å²) in [6.07, 6.45) is 3.70. The van der Waals surface area contributed by atoms with Crippen molar-refractivity contribution in [1.29, 1.82) is 0 Å². The van der Waals surface area contributed by atoms with Crippen molar-refractivity contribution in [1.82, 2.24) is 4.90 Å². The van der Waals surface area contributed by atoms with Crippen molar-refractivity contribution in [2.45, 2.75) is 19.3 Å². The summed E-state index contributed by atoms with van der Waals surface area (Å²) in [5.41, 5.74) is 5.81. The molecule has 1 saturated carbocycles. The lowest BCUT2D eigenvalue weighted by atomic mass is 9.63. The van der Waals surface area contributed by atoms with Crippen LogP contribution >= 0.6 is 0 Å². The molecule has 86 valence electrons. The highest BCUT2D eigenvalue weighted by Gasteiger charge is 2.49. The van der Waals surface area contributed by atoms with Crippen LogP contribution in [0.1, 0.15) is 19.3 Å². The average Bonchev–Trinajstić information content (AvgIpc) is 2.56. The Bertz CT molecular complexity index is 263. The molecule has 0 aromatic heterocycles. The summed E-state index contributed by atoms with van der Waals surface area (Å²) in [5, 5.41) is 20.8. The van der Waals surface area contributed by atoms with Crippen LogP contribution in [-0.4, -0.2) is 47.3 Å². The number of likely N-dealkylation sites (tertiary alicyclic amines) is 1. The predicted molar refractivity (Wildman–Crippen MR) is 56.7 cm³/mol. The summed E-state index contributed by atoms with van der Waals surface area (Å²) in [5.74, 6) is 0.626. The zero-order valence-electron chi connectivity index (χ0n) is 8.89. The number of hydrogen-bond acceptors (Lipinski definition) is 4. The quantitative estimate of drug-likeness (QED) is 0.263. The molecule has 0 amide bonds. The lowest BCUT2D eigenvalue weighted by Crippen LogP contribution is -2.39. The third-order valence-electron chi connectivity index (χ3n) is 3.97. The molecule has 1 spiro atoms. The number of aliphatic hydroxyl groups is 1. The second-order valence-corrected chi connectivity index (χ2v) is 4.86. The van der Waals surface area contributed by atoms with Gasteiger partial charge in [-0.05, 0) is 18.3 Å². The number of amidine groups is 1. The molecule has 0 bridgehead atoms. The maximum absolute atomic E-state index is 9.34. The molecule has 4 N–H and O–H groups in total. The first-order valence-electron chi connectivity index (χ1n) is 5.50. The second kappa shape index (κ2) is 3.98. The number of aliphatic hydroxyl groups excluding tert-OH is 1. The second-order valence-electron chi connectivity index (χ2n) is 4.86. The largest absolute Gasteiger partial charge is 0.409 e. The summed E-state index contributed by atoms with van der Waals surface area (Å²) < 4.78 is 0. The fraction of sp³-hybridized carbons (Fsp3) is 0.900. The first-order valence-corrected chi connectivity index (χ1v) is 5.50. The smallest absolute Gasteiger partial charge is 0.153 e. The molecule has 1 heterocycles. The Morgan fingerprint density at radius 2 is 2.27 bits per heavy atom. The molecule has 0 aromatic carbocycles. The molecule has 0 radical (unpaired) electrons. The van der Waals surface area contributed by atoms with E-state index in [4.69, 9.17) is 10.9 Å². The van der Waals surface area contributed by atoms with Crippen molar-refractivity contribution in [3.8, 4) is 0 Å². The van der Waals surface area contributed by atoms with E-state index in [2.05, 4.69) is 10.1 Å². The van der Waals surface area contributed by atoms with Crippen LogP contribution in [0.25, 0.3) is 0 Å². The van der Waals surface area contributed by atoms with E-state index in [-0.39, 0.29) is 12.4 Å². The van der Waals surface area contributed by atoms with Crippen LogP contribution in [0, 0.1) is 11.3 Å². The van der Waals surface area contributed by atoms with E-state index in [1.54, 1.807) is 0 Å². The van der Waals surface area contributed by atoms with Gasteiger partial charge < -0.3 is 16.0 Å². The molecule has 1 unspecified atom stereocenters. The zero-order chi connectivity index (χ0) is 10.9. The van der Waals surface area contributed by atoms with Gasteiger partial charge in [-0.15, -0.1) is 0 Å². The van der Waals surface area contributed by atoms with E-state index in [1.165, 1.54) is 19.3 Å². The summed E-state index contributed by atoms with van der Waals surface area (Å²) >= 11 is 0. The van der Waals surface area contributed by atoms with E-state index < -0.39 is 0 Å². The van der Waals surface area contributed by atoms with Gasteiger partial charge in [0.2, 0.25) is 0 Å². The molecule has 2 aliphatic rings. The normalized spacial score (nSPS) is 30.7. The van der Waals surface area contributed by atoms with Crippen molar-refractivity contribution in [3.05, 3.63) is 0 Å². The van der Waals surface area contributed by atoms with E-state index in [9.17, 15) is 5.11 Å². The van der Waals surface area contributed by atoms with Crippen LogP contribution in [0.4, 0.5) is 0 Å². The minimum absolute atomic E-state index is 0.253. The van der Waals surface area contributed by atoms with Gasteiger partial charge in [0.1, 0.15) is 0 Å². The Labute approximate surface area is 89.5 Å². The molecule has 5 heteroatoms. The topological polar surface area (TPSA) is 82.1 Å². The Kier molecular flexibility index (Phi) is 2.84. The Hall–Kier alpha value is -0.810. The molecule has 1 saturated heterocycles. The van der Waals surface area contributed by atoms with Crippen molar-refractivity contribution in [2.24, 2.45) is 22.2 Å². The highest BCUT2D eigenvalue weighted by atomic mass is 16.4. The Balaban J connectivity index is 1.96. The minimum Gasteiger partial charge on any atom is -0.409 e. The molecule has 0 aromatic rings. The van der Waals surface area contributed by atoms with Crippen LogP contribution in [0.2, 0.25) is 0 Å². The van der Waals surface area contributed by atoms with Crippen LogP contribution in [0.15, 0.2) is 5.16 Å². The van der Waals surface area contributed by atoms with Crippen molar-refractivity contribution in [2.75, 3.05) is 26.2 Å². The van der Waals surface area contributed by atoms with Crippen LogP contribution in [-0.2, 0) is 0 Å². The molecule has 1 aliphatic heterocycles. The standard InChI is InChI=1S/C10H19N3O2/c11-9(12-15)5-13-4-8(6-14)10(7-13)2-1-3-10/h8,14-15H,1-7H2,(H2,11,12). The summed E-state index contributed by atoms with van der Waals surface area (Å²) in [4.78, 5) is 2.18. The van der Waals surface area contributed by atoms with Crippen LogP contribution in [0.5, 0.6) is 0 Å². The first-order chi connectivity index (χ1) is 7.20. The van der Waals surface area contributed by atoms with Gasteiger partial charge >= 0.3 is 0 Å².